The summed E-state index contributed by atoms with van der Waals surface area (Å²) in [5.41, 5.74) is 1.30. The summed E-state index contributed by atoms with van der Waals surface area (Å²) in [4.78, 5) is 11.1. The average molecular weight is 239 g/mol. The van der Waals surface area contributed by atoms with Gasteiger partial charge in [0, 0.05) is 16.6 Å². The lowest BCUT2D eigenvalue weighted by Gasteiger charge is -2.15. The van der Waals surface area contributed by atoms with Crippen molar-refractivity contribution in [3.8, 4) is 0 Å². The largest absolute Gasteiger partial charge is 0.478 e. The molecule has 0 spiro atoms. The Balaban J connectivity index is 2.45. The first kappa shape index (κ1) is 11.0. The van der Waals surface area contributed by atoms with Crippen molar-refractivity contribution in [2.24, 2.45) is 0 Å². The van der Waals surface area contributed by atoms with Crippen molar-refractivity contribution in [3.63, 3.8) is 0 Å². The van der Waals surface area contributed by atoms with E-state index in [2.05, 4.69) is 10.2 Å². The number of H-pyrrole nitrogens is 1. The molecular formula is C11H11ClN2O2. The normalized spacial score (nSPS) is 19.6. The molecule has 4 nitrogen and oxygen atoms in total. The number of carbonyl (C=O) groups is 1. The second-order valence-electron chi connectivity index (χ2n) is 3.68. The van der Waals surface area contributed by atoms with Gasteiger partial charge < -0.3 is 5.11 Å². The van der Waals surface area contributed by atoms with E-state index in [0.717, 1.165) is 0 Å². The van der Waals surface area contributed by atoms with Gasteiger partial charge in [0.25, 0.3) is 0 Å². The number of allylic oxidation sites excluding steroid dienone is 4. The highest BCUT2D eigenvalue weighted by Crippen LogP contribution is 2.34. The van der Waals surface area contributed by atoms with Gasteiger partial charge in [0.2, 0.25) is 0 Å². The molecule has 0 bridgehead atoms. The van der Waals surface area contributed by atoms with Crippen LogP contribution in [-0.4, -0.2) is 21.3 Å². The summed E-state index contributed by atoms with van der Waals surface area (Å²) in [6, 6.07) is 0. The molecule has 1 unspecified atom stereocenters. The topological polar surface area (TPSA) is 66.0 Å². The molecule has 0 fully saturated rings. The van der Waals surface area contributed by atoms with Gasteiger partial charge >= 0.3 is 5.97 Å². The highest BCUT2D eigenvalue weighted by atomic mass is 35.5. The van der Waals surface area contributed by atoms with Crippen LogP contribution in [-0.2, 0) is 0 Å². The second-order valence-corrected chi connectivity index (χ2v) is 4.12. The van der Waals surface area contributed by atoms with Gasteiger partial charge in [0.1, 0.15) is 5.56 Å². The van der Waals surface area contributed by atoms with E-state index < -0.39 is 5.97 Å². The number of halogens is 1. The number of carboxylic acid groups (broad SMARTS) is 1. The molecule has 0 aliphatic heterocycles. The lowest BCUT2D eigenvalue weighted by Crippen LogP contribution is -2.08. The van der Waals surface area contributed by atoms with Crippen molar-refractivity contribution in [3.05, 3.63) is 40.2 Å². The van der Waals surface area contributed by atoms with Crippen molar-refractivity contribution < 1.29 is 9.90 Å². The van der Waals surface area contributed by atoms with Crippen LogP contribution in [0, 0.1) is 6.92 Å². The number of aromatic carboxylic acids is 1. The number of hydrogen-bond acceptors (Lipinski definition) is 2. The van der Waals surface area contributed by atoms with Crippen LogP contribution < -0.4 is 0 Å². The van der Waals surface area contributed by atoms with Gasteiger partial charge in [-0.05, 0) is 19.4 Å². The Hall–Kier alpha value is -1.55. The molecule has 0 aromatic carbocycles. The molecule has 1 aliphatic rings. The number of aryl methyl sites for hydroxylation is 1. The summed E-state index contributed by atoms with van der Waals surface area (Å²) < 4.78 is 0. The van der Waals surface area contributed by atoms with E-state index >= 15 is 0 Å². The molecule has 1 aromatic heterocycles. The summed E-state index contributed by atoms with van der Waals surface area (Å²) in [6.45, 7) is 1.69. The Labute approximate surface area is 97.6 Å². The van der Waals surface area contributed by atoms with Gasteiger partial charge in [-0.3, -0.25) is 5.10 Å². The van der Waals surface area contributed by atoms with Gasteiger partial charge in [0.15, 0.2) is 0 Å². The second kappa shape index (κ2) is 4.14. The molecule has 0 saturated heterocycles. The van der Waals surface area contributed by atoms with E-state index in [0.29, 0.717) is 22.8 Å². The molecule has 2 rings (SSSR count). The molecule has 0 radical (unpaired) electrons. The quantitative estimate of drug-likeness (QED) is 0.832. The molecule has 1 atom stereocenters. The van der Waals surface area contributed by atoms with Crippen molar-refractivity contribution >= 4 is 17.6 Å². The van der Waals surface area contributed by atoms with Crippen LogP contribution in [0.1, 0.15) is 34.1 Å². The Morgan fingerprint density at radius 2 is 2.44 bits per heavy atom. The van der Waals surface area contributed by atoms with E-state index in [4.69, 9.17) is 16.7 Å². The van der Waals surface area contributed by atoms with E-state index in [-0.39, 0.29) is 11.5 Å². The first-order chi connectivity index (χ1) is 7.61. The zero-order chi connectivity index (χ0) is 11.7. The van der Waals surface area contributed by atoms with Crippen LogP contribution >= 0.6 is 11.6 Å². The Morgan fingerprint density at radius 1 is 1.69 bits per heavy atom. The summed E-state index contributed by atoms with van der Waals surface area (Å²) in [6.07, 6.45) is 6.26. The van der Waals surface area contributed by atoms with E-state index in [1.807, 2.05) is 12.2 Å². The first-order valence-electron chi connectivity index (χ1n) is 4.91. The molecule has 84 valence electrons. The zero-order valence-corrected chi connectivity index (χ0v) is 9.45. The van der Waals surface area contributed by atoms with Gasteiger partial charge in [-0.1, -0.05) is 23.8 Å². The van der Waals surface area contributed by atoms with Gasteiger partial charge in [-0.2, -0.15) is 5.10 Å². The summed E-state index contributed by atoms with van der Waals surface area (Å²) >= 11 is 6.07. The van der Waals surface area contributed by atoms with Crippen LogP contribution in [0.4, 0.5) is 0 Å². The Morgan fingerprint density at radius 3 is 3.06 bits per heavy atom. The summed E-state index contributed by atoms with van der Waals surface area (Å²) in [5.74, 6) is -1.12. The molecular weight excluding hydrogens is 228 g/mol. The molecule has 5 heteroatoms. The fourth-order valence-electron chi connectivity index (χ4n) is 1.82. The highest BCUT2D eigenvalue weighted by molar-refractivity contribution is 6.30. The fourth-order valence-corrected chi connectivity index (χ4v) is 2.08. The minimum Gasteiger partial charge on any atom is -0.478 e. The smallest absolute Gasteiger partial charge is 0.339 e. The zero-order valence-electron chi connectivity index (χ0n) is 8.70. The molecule has 2 N–H and O–H groups in total. The summed E-state index contributed by atoms with van der Waals surface area (Å²) in [5, 5.41) is 16.5. The maximum Gasteiger partial charge on any atom is 0.339 e. The average Bonchev–Trinajstić information content (AvgIpc) is 2.61. The van der Waals surface area contributed by atoms with Gasteiger partial charge in [-0.15, -0.1) is 0 Å². The lowest BCUT2D eigenvalue weighted by molar-refractivity contribution is 0.0694. The number of nitrogens with one attached hydrogen (secondary N) is 1. The van der Waals surface area contributed by atoms with Crippen molar-refractivity contribution in [2.75, 3.05) is 0 Å². The van der Waals surface area contributed by atoms with Crippen LogP contribution in [0.3, 0.4) is 0 Å². The minimum absolute atomic E-state index is 0.150. The van der Waals surface area contributed by atoms with Gasteiger partial charge in [-0.25, -0.2) is 4.79 Å². The number of hydrogen-bond donors (Lipinski definition) is 2. The monoisotopic (exact) mass is 238 g/mol. The van der Waals surface area contributed by atoms with Crippen LogP contribution in [0.25, 0.3) is 0 Å². The van der Waals surface area contributed by atoms with Crippen LogP contribution in [0.15, 0.2) is 23.3 Å². The molecule has 1 aliphatic carbocycles. The highest BCUT2D eigenvalue weighted by Gasteiger charge is 2.26. The first-order valence-corrected chi connectivity index (χ1v) is 5.29. The number of aromatic nitrogens is 2. The molecule has 0 amide bonds. The van der Waals surface area contributed by atoms with E-state index in [1.165, 1.54) is 0 Å². The maximum atomic E-state index is 11.1. The predicted octanol–water partition coefficient (Wildman–Crippen LogP) is 2.58. The third-order valence-corrected chi connectivity index (χ3v) is 3.00. The molecule has 0 saturated carbocycles. The minimum atomic E-state index is -0.972. The molecule has 1 heterocycles. The Bertz CT molecular complexity index is 488. The standard InChI is InChI=1S/C11H11ClN2O2/c1-6-9(11(15)16)10(14-13-6)7-4-2-3-5-8(7)12/h2-3,5,7H,4H2,1H3,(H,13,14)(H,15,16). The summed E-state index contributed by atoms with van der Waals surface area (Å²) in [7, 11) is 0. The van der Waals surface area contributed by atoms with Crippen LogP contribution in [0.5, 0.6) is 0 Å². The molecule has 16 heavy (non-hydrogen) atoms. The van der Waals surface area contributed by atoms with Crippen LogP contribution in [0.2, 0.25) is 0 Å². The number of nitrogens with zero attached hydrogens (tertiary/aromatic N) is 1. The Kier molecular flexibility index (Phi) is 2.83. The van der Waals surface area contributed by atoms with E-state index in [1.54, 1.807) is 13.0 Å². The van der Waals surface area contributed by atoms with E-state index in [9.17, 15) is 4.79 Å². The number of rotatable bonds is 2. The third-order valence-electron chi connectivity index (χ3n) is 2.62. The van der Waals surface area contributed by atoms with Crippen molar-refractivity contribution in [1.29, 1.82) is 0 Å². The number of carboxylic acids is 1. The lowest BCUT2D eigenvalue weighted by atomic mass is 9.93. The third kappa shape index (κ3) is 1.76. The fraction of sp³-hybridized carbons (Fsp3) is 0.273. The maximum absolute atomic E-state index is 11.1. The predicted molar refractivity (Wildman–Crippen MR) is 60.7 cm³/mol. The van der Waals surface area contributed by atoms with Crippen molar-refractivity contribution in [2.45, 2.75) is 19.3 Å². The van der Waals surface area contributed by atoms with Crippen molar-refractivity contribution in [1.82, 2.24) is 10.2 Å². The van der Waals surface area contributed by atoms with Gasteiger partial charge in [0.05, 0.1) is 5.69 Å². The SMILES string of the molecule is Cc1[nH]nc(C2CC=CC=C2Cl)c1C(=O)O. The number of aromatic amines is 1. The molecule has 1 aromatic rings.